The SMILES string of the molecule is Cc1ccc(C)n1-c1ccc(OCc2ccc(C(=O)N/N=C/c3cc(C)n(-c4ccc(OCc5ccccc5Cl)cc4)c3C)o2)cc1. The summed E-state index contributed by atoms with van der Waals surface area (Å²) in [5.74, 6) is 1.69. The van der Waals surface area contributed by atoms with Gasteiger partial charge in [0.2, 0.25) is 0 Å². The zero-order valence-corrected chi connectivity index (χ0v) is 27.4. The lowest BCUT2D eigenvalue weighted by atomic mass is 10.2. The van der Waals surface area contributed by atoms with E-state index in [1.807, 2.05) is 92.7 Å². The van der Waals surface area contributed by atoms with Gasteiger partial charge in [0, 0.05) is 50.3 Å². The first-order valence-electron chi connectivity index (χ1n) is 15.2. The molecule has 6 rings (SSSR count). The lowest BCUT2D eigenvalue weighted by Crippen LogP contribution is -2.16. The maximum absolute atomic E-state index is 12.7. The molecule has 0 saturated carbocycles. The van der Waals surface area contributed by atoms with Gasteiger partial charge < -0.3 is 23.0 Å². The Morgan fingerprint density at radius 2 is 1.38 bits per heavy atom. The molecule has 1 amide bonds. The number of hydrogen-bond acceptors (Lipinski definition) is 5. The number of halogens is 1. The summed E-state index contributed by atoms with van der Waals surface area (Å²) < 4.78 is 21.8. The lowest BCUT2D eigenvalue weighted by molar-refractivity contribution is 0.0923. The number of nitrogens with one attached hydrogen (secondary N) is 1. The van der Waals surface area contributed by atoms with E-state index < -0.39 is 5.91 Å². The van der Waals surface area contributed by atoms with Crippen LogP contribution in [0.3, 0.4) is 0 Å². The average Bonchev–Trinajstić information content (AvgIpc) is 3.77. The van der Waals surface area contributed by atoms with Gasteiger partial charge in [0.15, 0.2) is 5.76 Å². The van der Waals surface area contributed by atoms with E-state index in [1.54, 1.807) is 18.3 Å². The number of hydrazone groups is 1. The molecule has 238 valence electrons. The Morgan fingerprint density at radius 1 is 0.766 bits per heavy atom. The van der Waals surface area contributed by atoms with Crippen molar-refractivity contribution in [2.24, 2.45) is 5.10 Å². The van der Waals surface area contributed by atoms with Crippen molar-refractivity contribution >= 4 is 23.7 Å². The van der Waals surface area contributed by atoms with E-state index in [4.69, 9.17) is 25.5 Å². The van der Waals surface area contributed by atoms with Gasteiger partial charge in [-0.25, -0.2) is 5.43 Å². The molecule has 0 aliphatic carbocycles. The third-order valence-corrected chi connectivity index (χ3v) is 8.29. The van der Waals surface area contributed by atoms with Crippen LogP contribution < -0.4 is 14.9 Å². The van der Waals surface area contributed by atoms with Gasteiger partial charge in [0.1, 0.15) is 30.5 Å². The Hall–Kier alpha value is -5.47. The van der Waals surface area contributed by atoms with Crippen LogP contribution in [0.25, 0.3) is 11.4 Å². The van der Waals surface area contributed by atoms with Gasteiger partial charge in [0.25, 0.3) is 0 Å². The molecule has 0 aliphatic heterocycles. The van der Waals surface area contributed by atoms with Crippen molar-refractivity contribution in [1.82, 2.24) is 14.6 Å². The van der Waals surface area contributed by atoms with Crippen LogP contribution in [-0.2, 0) is 13.2 Å². The molecule has 3 aromatic heterocycles. The van der Waals surface area contributed by atoms with E-state index in [2.05, 4.69) is 45.6 Å². The molecule has 0 radical (unpaired) electrons. The number of carbonyl (C=O) groups excluding carboxylic acids is 1. The number of aromatic nitrogens is 2. The summed E-state index contributed by atoms with van der Waals surface area (Å²) in [7, 11) is 0. The molecule has 1 N–H and O–H groups in total. The highest BCUT2D eigenvalue weighted by Gasteiger charge is 2.13. The minimum Gasteiger partial charge on any atom is -0.489 e. The highest BCUT2D eigenvalue weighted by atomic mass is 35.5. The summed E-state index contributed by atoms with van der Waals surface area (Å²) in [5, 5.41) is 4.87. The van der Waals surface area contributed by atoms with Gasteiger partial charge in [-0.05, 0) is 113 Å². The zero-order chi connectivity index (χ0) is 32.9. The average molecular weight is 647 g/mol. The number of hydrogen-bond donors (Lipinski definition) is 1. The smallest absolute Gasteiger partial charge is 0.307 e. The van der Waals surface area contributed by atoms with Crippen LogP contribution in [0.4, 0.5) is 0 Å². The second-order valence-corrected chi connectivity index (χ2v) is 11.6. The van der Waals surface area contributed by atoms with Gasteiger partial charge in [-0.3, -0.25) is 4.79 Å². The quantitative estimate of drug-likeness (QED) is 0.113. The summed E-state index contributed by atoms with van der Waals surface area (Å²) >= 11 is 6.24. The highest BCUT2D eigenvalue weighted by molar-refractivity contribution is 6.31. The first-order chi connectivity index (χ1) is 22.8. The van der Waals surface area contributed by atoms with E-state index in [1.165, 1.54) is 11.4 Å². The molecule has 6 aromatic rings. The number of nitrogens with zero attached hydrogens (tertiary/aromatic N) is 3. The summed E-state index contributed by atoms with van der Waals surface area (Å²) in [4.78, 5) is 12.7. The largest absolute Gasteiger partial charge is 0.489 e. The molecule has 0 unspecified atom stereocenters. The molecule has 3 aromatic carbocycles. The summed E-state index contributed by atoms with van der Waals surface area (Å²) in [5.41, 5.74) is 10.8. The number of rotatable bonds is 11. The fraction of sp³-hybridized carbons (Fsp3) is 0.158. The van der Waals surface area contributed by atoms with Crippen LogP contribution in [0.15, 0.2) is 113 Å². The molecule has 0 bridgehead atoms. The Morgan fingerprint density at radius 3 is 2.04 bits per heavy atom. The molecule has 3 heterocycles. The predicted octanol–water partition coefficient (Wildman–Crippen LogP) is 8.67. The topological polar surface area (TPSA) is 82.9 Å². The molecule has 47 heavy (non-hydrogen) atoms. The molecule has 0 atom stereocenters. The van der Waals surface area contributed by atoms with Gasteiger partial charge in [-0.1, -0.05) is 29.8 Å². The molecular formula is C38H35ClN4O4. The monoisotopic (exact) mass is 646 g/mol. The van der Waals surface area contributed by atoms with Crippen molar-refractivity contribution in [3.05, 3.63) is 154 Å². The fourth-order valence-corrected chi connectivity index (χ4v) is 5.69. The van der Waals surface area contributed by atoms with Crippen molar-refractivity contribution < 1.29 is 18.7 Å². The molecule has 0 saturated heterocycles. The van der Waals surface area contributed by atoms with E-state index >= 15 is 0 Å². The summed E-state index contributed by atoms with van der Waals surface area (Å²) in [6.07, 6.45) is 1.63. The van der Waals surface area contributed by atoms with Crippen LogP contribution in [0.1, 0.15) is 50.2 Å². The third-order valence-electron chi connectivity index (χ3n) is 7.92. The second-order valence-electron chi connectivity index (χ2n) is 11.2. The van der Waals surface area contributed by atoms with E-state index in [9.17, 15) is 4.79 Å². The Labute approximate surface area is 278 Å². The Kier molecular flexibility index (Phi) is 9.31. The predicted molar refractivity (Wildman–Crippen MR) is 184 cm³/mol. The van der Waals surface area contributed by atoms with E-state index in [0.29, 0.717) is 23.1 Å². The molecular weight excluding hydrogens is 612 g/mol. The van der Waals surface area contributed by atoms with E-state index in [-0.39, 0.29) is 12.4 Å². The van der Waals surface area contributed by atoms with Gasteiger partial charge in [0.05, 0.1) is 6.21 Å². The van der Waals surface area contributed by atoms with Crippen molar-refractivity contribution in [2.75, 3.05) is 0 Å². The van der Waals surface area contributed by atoms with Crippen LogP contribution in [0.2, 0.25) is 5.02 Å². The number of carbonyl (C=O) groups is 1. The standard InChI is InChI=1S/C38H35ClN4O4/c1-25-9-10-26(2)42(25)31-11-15-34(16-12-31)46-24-35-19-20-37(47-35)38(44)41-40-22-30-21-27(3)43(28(30)4)32-13-17-33(18-14-32)45-23-29-7-5-6-8-36(29)39/h5-22H,23-24H2,1-4H3,(H,41,44)/b40-22+. The minimum atomic E-state index is -0.449. The number of aryl methyl sites for hydroxylation is 3. The van der Waals surface area contributed by atoms with Crippen LogP contribution in [-0.4, -0.2) is 21.3 Å². The summed E-state index contributed by atoms with van der Waals surface area (Å²) in [6, 6.07) is 32.9. The molecule has 0 fully saturated rings. The number of furan rings is 1. The van der Waals surface area contributed by atoms with Crippen molar-refractivity contribution in [1.29, 1.82) is 0 Å². The first-order valence-corrected chi connectivity index (χ1v) is 15.6. The highest BCUT2D eigenvalue weighted by Crippen LogP contribution is 2.24. The zero-order valence-electron chi connectivity index (χ0n) is 26.7. The van der Waals surface area contributed by atoms with Gasteiger partial charge in [-0.2, -0.15) is 5.10 Å². The van der Waals surface area contributed by atoms with Gasteiger partial charge >= 0.3 is 5.91 Å². The first kappa shape index (κ1) is 31.5. The second kappa shape index (κ2) is 13.9. The fourth-order valence-electron chi connectivity index (χ4n) is 5.50. The van der Waals surface area contributed by atoms with E-state index in [0.717, 1.165) is 39.6 Å². The molecule has 9 heteroatoms. The van der Waals surface area contributed by atoms with Crippen LogP contribution >= 0.6 is 11.6 Å². The third kappa shape index (κ3) is 7.18. The van der Waals surface area contributed by atoms with Crippen molar-refractivity contribution in [3.63, 3.8) is 0 Å². The van der Waals surface area contributed by atoms with Gasteiger partial charge in [-0.15, -0.1) is 0 Å². The minimum absolute atomic E-state index is 0.150. The number of ether oxygens (including phenoxy) is 2. The maximum atomic E-state index is 12.7. The summed E-state index contributed by atoms with van der Waals surface area (Å²) in [6.45, 7) is 8.77. The molecule has 0 aliphatic rings. The van der Waals surface area contributed by atoms with Crippen LogP contribution in [0.5, 0.6) is 11.5 Å². The number of benzene rings is 3. The Balaban J connectivity index is 1.02. The number of amides is 1. The van der Waals surface area contributed by atoms with Crippen LogP contribution in [0, 0.1) is 27.7 Å². The van der Waals surface area contributed by atoms with Crippen molar-refractivity contribution in [3.8, 4) is 22.9 Å². The molecule has 0 spiro atoms. The Bertz CT molecular complexity index is 2020. The molecule has 8 nitrogen and oxygen atoms in total. The lowest BCUT2D eigenvalue weighted by Gasteiger charge is -2.12. The van der Waals surface area contributed by atoms with Crippen molar-refractivity contribution in [2.45, 2.75) is 40.9 Å². The normalized spacial score (nSPS) is 11.3. The maximum Gasteiger partial charge on any atom is 0.307 e.